The Hall–Kier alpha value is -1.35. The SMILES string of the molecule is CCC1(CO)CCN(C(=O)CCc2ccc(C(C)C)cc2)CC1. The first kappa shape index (κ1) is 18.0. The van der Waals surface area contributed by atoms with Gasteiger partial charge in [-0.15, -0.1) is 0 Å². The Morgan fingerprint density at radius 1 is 1.22 bits per heavy atom. The van der Waals surface area contributed by atoms with Gasteiger partial charge in [-0.3, -0.25) is 4.79 Å². The molecule has 1 aromatic carbocycles. The molecule has 1 amide bonds. The van der Waals surface area contributed by atoms with Crippen LogP contribution in [-0.2, 0) is 11.2 Å². The van der Waals surface area contributed by atoms with Crippen LogP contribution in [0.1, 0.15) is 63.5 Å². The normalized spacial score (nSPS) is 17.5. The maximum atomic E-state index is 12.4. The van der Waals surface area contributed by atoms with Crippen molar-refractivity contribution in [1.82, 2.24) is 4.90 Å². The fraction of sp³-hybridized carbons (Fsp3) is 0.650. The van der Waals surface area contributed by atoms with Crippen molar-refractivity contribution in [2.45, 2.75) is 58.8 Å². The average Bonchev–Trinajstić information content (AvgIpc) is 2.60. The van der Waals surface area contributed by atoms with E-state index in [-0.39, 0.29) is 17.9 Å². The highest BCUT2D eigenvalue weighted by atomic mass is 16.3. The summed E-state index contributed by atoms with van der Waals surface area (Å²) in [6.07, 6.45) is 4.24. The van der Waals surface area contributed by atoms with E-state index in [2.05, 4.69) is 45.0 Å². The molecule has 0 radical (unpaired) electrons. The highest BCUT2D eigenvalue weighted by molar-refractivity contribution is 5.76. The first-order chi connectivity index (χ1) is 11.0. The Kier molecular flexibility index (Phi) is 6.23. The number of hydrogen-bond donors (Lipinski definition) is 1. The minimum atomic E-state index is 0.0451. The molecule has 1 fully saturated rings. The quantitative estimate of drug-likeness (QED) is 0.868. The summed E-state index contributed by atoms with van der Waals surface area (Å²) in [5.41, 5.74) is 2.62. The Labute approximate surface area is 140 Å². The lowest BCUT2D eigenvalue weighted by Crippen LogP contribution is -2.44. The first-order valence-electron chi connectivity index (χ1n) is 8.97. The number of amides is 1. The molecule has 0 aromatic heterocycles. The van der Waals surface area contributed by atoms with Gasteiger partial charge in [-0.2, -0.15) is 0 Å². The zero-order valence-corrected chi connectivity index (χ0v) is 14.8. The summed E-state index contributed by atoms with van der Waals surface area (Å²) in [7, 11) is 0. The molecule has 0 spiro atoms. The number of carbonyl (C=O) groups is 1. The number of piperidine rings is 1. The molecule has 0 saturated carbocycles. The summed E-state index contributed by atoms with van der Waals surface area (Å²) in [6.45, 7) is 8.34. The molecule has 0 atom stereocenters. The van der Waals surface area contributed by atoms with Crippen LogP contribution in [0.5, 0.6) is 0 Å². The molecule has 1 heterocycles. The summed E-state index contributed by atoms with van der Waals surface area (Å²) >= 11 is 0. The van der Waals surface area contributed by atoms with Gasteiger partial charge in [0.05, 0.1) is 0 Å². The van der Waals surface area contributed by atoms with Gasteiger partial charge in [0, 0.05) is 26.1 Å². The Bertz CT molecular complexity index is 493. The van der Waals surface area contributed by atoms with Crippen molar-refractivity contribution in [3.05, 3.63) is 35.4 Å². The topological polar surface area (TPSA) is 40.5 Å². The van der Waals surface area contributed by atoms with Crippen molar-refractivity contribution in [3.8, 4) is 0 Å². The molecule has 1 aliphatic rings. The summed E-state index contributed by atoms with van der Waals surface area (Å²) < 4.78 is 0. The Balaban J connectivity index is 1.81. The Morgan fingerprint density at radius 3 is 2.30 bits per heavy atom. The molecule has 0 aliphatic carbocycles. The number of carbonyl (C=O) groups excluding carboxylic acids is 1. The highest BCUT2D eigenvalue weighted by Crippen LogP contribution is 2.34. The molecular weight excluding hydrogens is 286 g/mol. The van der Waals surface area contributed by atoms with Crippen LogP contribution >= 0.6 is 0 Å². The Morgan fingerprint density at radius 2 is 1.83 bits per heavy atom. The zero-order valence-electron chi connectivity index (χ0n) is 14.8. The summed E-state index contributed by atoms with van der Waals surface area (Å²) in [6, 6.07) is 8.63. The maximum Gasteiger partial charge on any atom is 0.222 e. The number of likely N-dealkylation sites (tertiary alicyclic amines) is 1. The lowest BCUT2D eigenvalue weighted by atomic mass is 9.77. The first-order valence-corrected chi connectivity index (χ1v) is 8.97. The van der Waals surface area contributed by atoms with Crippen LogP contribution in [0.2, 0.25) is 0 Å². The molecule has 0 bridgehead atoms. The van der Waals surface area contributed by atoms with E-state index in [9.17, 15) is 9.90 Å². The molecule has 2 rings (SSSR count). The standard InChI is InChI=1S/C20H31NO2/c1-4-20(15-22)11-13-21(14-12-20)19(23)10-7-17-5-8-18(9-6-17)16(2)3/h5-6,8-9,16,22H,4,7,10-15H2,1-3H3. The van der Waals surface area contributed by atoms with E-state index in [1.54, 1.807) is 0 Å². The van der Waals surface area contributed by atoms with E-state index in [1.165, 1.54) is 11.1 Å². The number of nitrogens with zero attached hydrogens (tertiary/aromatic N) is 1. The van der Waals surface area contributed by atoms with Crippen LogP contribution in [0.3, 0.4) is 0 Å². The molecule has 3 nitrogen and oxygen atoms in total. The van der Waals surface area contributed by atoms with Gasteiger partial charge in [0.15, 0.2) is 0 Å². The van der Waals surface area contributed by atoms with Gasteiger partial charge in [0.25, 0.3) is 0 Å². The molecule has 3 heteroatoms. The van der Waals surface area contributed by atoms with Crippen molar-refractivity contribution < 1.29 is 9.90 Å². The van der Waals surface area contributed by atoms with Gasteiger partial charge < -0.3 is 10.0 Å². The van der Waals surface area contributed by atoms with Crippen LogP contribution in [0.25, 0.3) is 0 Å². The van der Waals surface area contributed by atoms with Crippen molar-refractivity contribution in [1.29, 1.82) is 0 Å². The van der Waals surface area contributed by atoms with Gasteiger partial charge >= 0.3 is 0 Å². The molecule has 1 saturated heterocycles. The fourth-order valence-electron chi connectivity index (χ4n) is 3.33. The largest absolute Gasteiger partial charge is 0.396 e. The third-order valence-electron chi connectivity index (χ3n) is 5.54. The van der Waals surface area contributed by atoms with E-state index >= 15 is 0 Å². The molecule has 1 N–H and O–H groups in total. The lowest BCUT2D eigenvalue weighted by Gasteiger charge is -2.40. The minimum Gasteiger partial charge on any atom is -0.396 e. The van der Waals surface area contributed by atoms with Crippen LogP contribution in [-0.4, -0.2) is 35.6 Å². The van der Waals surface area contributed by atoms with Gasteiger partial charge in [-0.25, -0.2) is 0 Å². The van der Waals surface area contributed by atoms with Gasteiger partial charge in [-0.1, -0.05) is 45.0 Å². The third kappa shape index (κ3) is 4.57. The van der Waals surface area contributed by atoms with Crippen LogP contribution in [0.15, 0.2) is 24.3 Å². The summed E-state index contributed by atoms with van der Waals surface area (Å²) in [5.74, 6) is 0.796. The fourth-order valence-corrected chi connectivity index (χ4v) is 3.33. The predicted octanol–water partition coefficient (Wildman–Crippen LogP) is 3.75. The monoisotopic (exact) mass is 317 g/mol. The van der Waals surface area contributed by atoms with Crippen molar-refractivity contribution in [3.63, 3.8) is 0 Å². The molecule has 128 valence electrons. The smallest absolute Gasteiger partial charge is 0.222 e. The molecule has 0 unspecified atom stereocenters. The highest BCUT2D eigenvalue weighted by Gasteiger charge is 2.33. The number of aryl methyl sites for hydroxylation is 1. The van der Waals surface area contributed by atoms with E-state index < -0.39 is 0 Å². The van der Waals surface area contributed by atoms with Crippen LogP contribution in [0, 0.1) is 5.41 Å². The molecule has 1 aliphatic heterocycles. The van der Waals surface area contributed by atoms with E-state index in [0.717, 1.165) is 38.8 Å². The lowest BCUT2D eigenvalue weighted by molar-refractivity contribution is -0.134. The number of aliphatic hydroxyl groups is 1. The number of benzene rings is 1. The van der Waals surface area contributed by atoms with E-state index in [4.69, 9.17) is 0 Å². The van der Waals surface area contributed by atoms with E-state index in [1.807, 2.05) is 4.90 Å². The molecule has 1 aromatic rings. The van der Waals surface area contributed by atoms with Gasteiger partial charge in [0.2, 0.25) is 5.91 Å². The van der Waals surface area contributed by atoms with Gasteiger partial charge in [0.1, 0.15) is 0 Å². The average molecular weight is 317 g/mol. The molecular formula is C20H31NO2. The zero-order chi connectivity index (χ0) is 16.9. The summed E-state index contributed by atoms with van der Waals surface area (Å²) in [5, 5.41) is 9.58. The van der Waals surface area contributed by atoms with E-state index in [0.29, 0.717) is 12.3 Å². The van der Waals surface area contributed by atoms with Crippen LogP contribution < -0.4 is 0 Å². The van der Waals surface area contributed by atoms with Crippen molar-refractivity contribution in [2.24, 2.45) is 5.41 Å². The van der Waals surface area contributed by atoms with Crippen molar-refractivity contribution >= 4 is 5.91 Å². The number of hydrogen-bond acceptors (Lipinski definition) is 2. The van der Waals surface area contributed by atoms with Gasteiger partial charge in [-0.05, 0) is 48.1 Å². The van der Waals surface area contributed by atoms with Crippen LogP contribution in [0.4, 0.5) is 0 Å². The summed E-state index contributed by atoms with van der Waals surface area (Å²) in [4.78, 5) is 14.4. The second-order valence-electron chi connectivity index (χ2n) is 7.29. The second kappa shape index (κ2) is 7.96. The predicted molar refractivity (Wildman–Crippen MR) is 94.5 cm³/mol. The number of aliphatic hydroxyl groups excluding tert-OH is 1. The third-order valence-corrected chi connectivity index (χ3v) is 5.54. The van der Waals surface area contributed by atoms with Crippen molar-refractivity contribution in [2.75, 3.05) is 19.7 Å². The minimum absolute atomic E-state index is 0.0451. The second-order valence-corrected chi connectivity index (χ2v) is 7.29. The maximum absolute atomic E-state index is 12.4. The number of rotatable bonds is 6. The molecule has 23 heavy (non-hydrogen) atoms.